The average Bonchev–Trinajstić information content (AvgIpc) is 3.61. The molecular weight excluding hydrogens is 866 g/mol. The molecule has 16 heteroatoms. The lowest BCUT2D eigenvalue weighted by molar-refractivity contribution is -0.0713. The van der Waals surface area contributed by atoms with Crippen molar-refractivity contribution in [3.63, 3.8) is 0 Å². The Labute approximate surface area is 387 Å². The van der Waals surface area contributed by atoms with E-state index in [1.54, 1.807) is 34.9 Å². The molecule has 0 radical (unpaired) electrons. The number of nitrogens with zero attached hydrogens (tertiary/aromatic N) is 7. The van der Waals surface area contributed by atoms with Crippen molar-refractivity contribution in [2.45, 2.75) is 70.4 Å². The van der Waals surface area contributed by atoms with Gasteiger partial charge in [0.15, 0.2) is 5.69 Å². The molecule has 14 nitrogen and oxygen atoms in total. The van der Waals surface area contributed by atoms with Gasteiger partial charge in [-0.1, -0.05) is 92.9 Å². The normalized spacial score (nSPS) is 15.6. The van der Waals surface area contributed by atoms with Gasteiger partial charge in [0, 0.05) is 57.4 Å². The number of hydrogen-bond acceptors (Lipinski definition) is 10. The maximum atomic E-state index is 15.4. The van der Waals surface area contributed by atoms with Crippen molar-refractivity contribution in [1.82, 2.24) is 33.8 Å². The zero-order valence-corrected chi connectivity index (χ0v) is 39.6. The zero-order valence-electron chi connectivity index (χ0n) is 38.0. The van der Waals surface area contributed by atoms with Gasteiger partial charge in [-0.05, 0) is 92.5 Å². The van der Waals surface area contributed by atoms with Gasteiger partial charge in [-0.15, -0.1) is 4.47 Å². The number of fused-ring (bicyclic) bond motifs is 2. The minimum Gasteiger partial charge on any atom is -0.379 e. The largest absolute Gasteiger partial charge is 0.379 e. The van der Waals surface area contributed by atoms with E-state index in [1.807, 2.05) is 55.4 Å². The molecule has 4 aromatic carbocycles. The summed E-state index contributed by atoms with van der Waals surface area (Å²) < 4.78 is 36.7. The van der Waals surface area contributed by atoms with Crippen molar-refractivity contribution in [2.24, 2.45) is 0 Å². The molecule has 2 aliphatic heterocycles. The monoisotopic (exact) mass is 925 g/mol. The highest BCUT2D eigenvalue weighted by Crippen LogP contribution is 2.32. The summed E-state index contributed by atoms with van der Waals surface area (Å²) in [5.41, 5.74) is 2.88. The molecule has 5 aromatic rings. The number of halogens is 1. The van der Waals surface area contributed by atoms with E-state index in [1.165, 1.54) is 28.9 Å². The molecule has 1 fully saturated rings. The van der Waals surface area contributed by atoms with Crippen molar-refractivity contribution in [3.05, 3.63) is 124 Å². The van der Waals surface area contributed by atoms with Gasteiger partial charge in [0.1, 0.15) is 0 Å². The fraction of sp³-hybridized carbons (Fsp3) is 0.429. The molecule has 1 saturated heterocycles. The van der Waals surface area contributed by atoms with E-state index in [0.717, 1.165) is 42.2 Å². The van der Waals surface area contributed by atoms with Gasteiger partial charge in [-0.3, -0.25) is 24.1 Å². The van der Waals surface area contributed by atoms with Crippen molar-refractivity contribution < 1.29 is 32.4 Å². The van der Waals surface area contributed by atoms with E-state index in [2.05, 4.69) is 24.8 Å². The number of ether oxygens (including phenoxy) is 1. The zero-order chi connectivity index (χ0) is 46.3. The van der Waals surface area contributed by atoms with Crippen LogP contribution in [0, 0.1) is 6.92 Å². The number of sulfonamides is 1. The minimum absolute atomic E-state index is 0.0635. The highest BCUT2D eigenvalue weighted by Gasteiger charge is 2.37. The predicted molar refractivity (Wildman–Crippen MR) is 252 cm³/mol. The molecule has 65 heavy (non-hydrogen) atoms. The first kappa shape index (κ1) is 47.8. The van der Waals surface area contributed by atoms with E-state index in [-0.39, 0.29) is 51.0 Å². The SMILES string of the molecule is CCCCN(CCCC)C(=O)c1nn(-c2ccc(C(=O)N(OCCN3CCOCC3)S(=O)(=O)c3ccc4ccccc4c3)cc2C(=O)N2Cc3ccccc3C[C@H]2CN(C)C)c(C)c1Cl. The number of carbonyl (C=O) groups is 3. The number of likely N-dealkylation sites (N-methyl/N-ethyl adjacent to an activating group) is 1. The molecule has 0 spiro atoms. The van der Waals surface area contributed by atoms with Crippen LogP contribution in [-0.2, 0) is 32.6 Å². The summed E-state index contributed by atoms with van der Waals surface area (Å²) in [5, 5.41) is 6.45. The van der Waals surface area contributed by atoms with Gasteiger partial charge in [-0.2, -0.15) is 13.5 Å². The van der Waals surface area contributed by atoms with Crippen LogP contribution in [0.1, 0.15) is 87.6 Å². The molecular formula is C49H60ClN7O7S. The van der Waals surface area contributed by atoms with E-state index >= 15 is 4.79 Å². The fourth-order valence-corrected chi connectivity index (χ4v) is 9.89. The van der Waals surface area contributed by atoms with Gasteiger partial charge in [-0.25, -0.2) is 4.68 Å². The molecule has 1 aromatic heterocycles. The lowest BCUT2D eigenvalue weighted by Crippen LogP contribution is -2.49. The second kappa shape index (κ2) is 21.4. The topological polar surface area (TPSA) is 138 Å². The Hall–Kier alpha value is -5.16. The van der Waals surface area contributed by atoms with Gasteiger partial charge in [0.05, 0.1) is 46.7 Å². The van der Waals surface area contributed by atoms with Crippen LogP contribution in [0.5, 0.6) is 0 Å². The maximum Gasteiger partial charge on any atom is 0.292 e. The predicted octanol–water partition coefficient (Wildman–Crippen LogP) is 7.25. The number of hydrogen-bond donors (Lipinski definition) is 0. The number of hydroxylamine groups is 1. The third kappa shape index (κ3) is 10.8. The Kier molecular flexibility index (Phi) is 15.8. The van der Waals surface area contributed by atoms with Crippen molar-refractivity contribution >= 4 is 50.1 Å². The van der Waals surface area contributed by atoms with E-state index in [9.17, 15) is 18.0 Å². The van der Waals surface area contributed by atoms with Crippen LogP contribution in [0.4, 0.5) is 0 Å². The standard InChI is InChI=1S/C49H60ClN7O7S/c1-6-8-22-54(23-9-7-2)49(60)46-45(50)35(3)56(51-46)44-21-19-39(32-43(44)48(59)55-33-40-17-13-12-15-37(40)30-41(55)34-52(4)5)47(58)57(64-29-26-53-24-27-63-28-25-53)65(61,62)42-20-18-36-14-10-11-16-38(36)31-42/h10-21,31-32,41H,6-9,22-30,33-34H2,1-5H3/t41-/m0/s1. The number of morpholine rings is 1. The van der Waals surface area contributed by atoms with Gasteiger partial charge in [0.25, 0.3) is 27.7 Å². The van der Waals surface area contributed by atoms with Gasteiger partial charge in [0.2, 0.25) is 0 Å². The summed E-state index contributed by atoms with van der Waals surface area (Å²) in [4.78, 5) is 58.0. The molecule has 0 bridgehead atoms. The van der Waals surface area contributed by atoms with Crippen molar-refractivity contribution in [2.75, 3.05) is 73.2 Å². The maximum absolute atomic E-state index is 15.4. The Bertz CT molecular complexity index is 2600. The minimum atomic E-state index is -4.61. The molecule has 7 rings (SSSR count). The number of unbranched alkanes of at least 4 members (excludes halogenated alkanes) is 2. The van der Waals surface area contributed by atoms with Crippen molar-refractivity contribution in [3.8, 4) is 5.69 Å². The Morgan fingerprint density at radius 2 is 1.54 bits per heavy atom. The number of amides is 3. The van der Waals surface area contributed by atoms with Crippen molar-refractivity contribution in [1.29, 1.82) is 0 Å². The number of carbonyl (C=O) groups excluding carboxylic acids is 3. The summed E-state index contributed by atoms with van der Waals surface area (Å²) >= 11 is 6.97. The van der Waals surface area contributed by atoms with E-state index in [0.29, 0.717) is 81.0 Å². The molecule has 346 valence electrons. The molecule has 0 aliphatic carbocycles. The van der Waals surface area contributed by atoms with E-state index in [4.69, 9.17) is 26.3 Å². The van der Waals surface area contributed by atoms with E-state index < -0.39 is 21.8 Å². The molecule has 3 heterocycles. The third-order valence-electron chi connectivity index (χ3n) is 12.1. The highest BCUT2D eigenvalue weighted by atomic mass is 35.5. The molecule has 2 aliphatic rings. The Morgan fingerprint density at radius 1 is 0.862 bits per heavy atom. The highest BCUT2D eigenvalue weighted by molar-refractivity contribution is 7.89. The van der Waals surface area contributed by atoms with Gasteiger partial charge < -0.3 is 19.4 Å². The summed E-state index contributed by atoms with van der Waals surface area (Å²) in [7, 11) is -0.707. The fourth-order valence-electron chi connectivity index (χ4n) is 8.45. The first-order valence-electron chi connectivity index (χ1n) is 22.5. The van der Waals surface area contributed by atoms with Crippen LogP contribution in [0.3, 0.4) is 0 Å². The second-order valence-electron chi connectivity index (χ2n) is 17.0. The second-order valence-corrected chi connectivity index (χ2v) is 19.2. The average molecular weight is 927 g/mol. The molecule has 0 N–H and O–H groups in total. The van der Waals surface area contributed by atoms with Crippen LogP contribution in [0.15, 0.2) is 89.8 Å². The van der Waals surface area contributed by atoms with Crippen LogP contribution in [0.25, 0.3) is 16.5 Å². The first-order valence-corrected chi connectivity index (χ1v) is 24.4. The smallest absolute Gasteiger partial charge is 0.292 e. The molecule has 3 amide bonds. The number of benzene rings is 4. The molecule has 1 atom stereocenters. The lowest BCUT2D eigenvalue weighted by Gasteiger charge is -2.38. The number of rotatable bonds is 18. The Morgan fingerprint density at radius 3 is 2.23 bits per heavy atom. The van der Waals surface area contributed by atoms with Gasteiger partial charge >= 0.3 is 0 Å². The third-order valence-corrected chi connectivity index (χ3v) is 14.1. The van der Waals surface area contributed by atoms with Crippen LogP contribution in [-0.4, -0.2) is 139 Å². The van der Waals surface area contributed by atoms with Crippen LogP contribution < -0.4 is 0 Å². The first-order chi connectivity index (χ1) is 31.3. The summed E-state index contributed by atoms with van der Waals surface area (Å²) in [6, 6.07) is 24.2. The van der Waals surface area contributed by atoms with Crippen LogP contribution >= 0.6 is 11.6 Å². The molecule has 0 unspecified atom stereocenters. The Balaban J connectivity index is 1.34. The summed E-state index contributed by atoms with van der Waals surface area (Å²) in [6.45, 7) is 10.4. The number of aromatic nitrogens is 2. The quantitative estimate of drug-likeness (QED) is 0.0827. The molecule has 0 saturated carbocycles. The lowest BCUT2D eigenvalue weighted by atomic mass is 9.92. The van der Waals surface area contributed by atoms with Crippen LogP contribution in [0.2, 0.25) is 5.02 Å². The summed E-state index contributed by atoms with van der Waals surface area (Å²) in [5.74, 6) is -1.69. The summed E-state index contributed by atoms with van der Waals surface area (Å²) in [6.07, 6.45) is 4.04.